The zero-order valence-corrected chi connectivity index (χ0v) is 20.6. The first-order valence-electron chi connectivity index (χ1n) is 11.8. The van der Waals surface area contributed by atoms with Crippen molar-refractivity contribution in [2.75, 3.05) is 31.1 Å². The predicted molar refractivity (Wildman–Crippen MR) is 141 cm³/mol. The number of benzene rings is 3. The van der Waals surface area contributed by atoms with Crippen LogP contribution in [-0.4, -0.2) is 42.0 Å². The van der Waals surface area contributed by atoms with Crippen molar-refractivity contribution in [2.24, 2.45) is 11.8 Å². The zero-order chi connectivity index (χ0) is 23.2. The third kappa shape index (κ3) is 4.08. The molecule has 2 bridgehead atoms. The quantitative estimate of drug-likeness (QED) is 0.330. The molecule has 2 fully saturated rings. The molecule has 0 saturated carbocycles. The van der Waals surface area contributed by atoms with Gasteiger partial charge >= 0.3 is 0 Å². The number of carbonyl (C=O) groups is 1. The van der Waals surface area contributed by atoms with E-state index in [2.05, 4.69) is 41.0 Å². The van der Waals surface area contributed by atoms with E-state index in [-0.39, 0.29) is 5.91 Å². The van der Waals surface area contributed by atoms with Gasteiger partial charge in [0, 0.05) is 36.8 Å². The third-order valence-electron chi connectivity index (χ3n) is 6.97. The Balaban J connectivity index is 1.23. The summed E-state index contributed by atoms with van der Waals surface area (Å²) in [6.45, 7) is 5.52. The van der Waals surface area contributed by atoms with Gasteiger partial charge in [0.1, 0.15) is 0 Å². The van der Waals surface area contributed by atoms with Crippen LogP contribution in [0.15, 0.2) is 66.7 Å². The molecule has 0 aliphatic carbocycles. The Morgan fingerprint density at radius 3 is 2.50 bits per heavy atom. The molecule has 2 saturated heterocycles. The highest BCUT2D eigenvalue weighted by Gasteiger charge is 2.37. The molecule has 6 heteroatoms. The van der Waals surface area contributed by atoms with E-state index in [1.165, 1.54) is 6.42 Å². The highest BCUT2D eigenvalue weighted by atomic mass is 35.5. The normalized spacial score (nSPS) is 20.1. The number of amides is 1. The van der Waals surface area contributed by atoms with Crippen LogP contribution in [-0.2, 0) is 0 Å². The lowest BCUT2D eigenvalue weighted by atomic mass is 9.84. The minimum atomic E-state index is 0.153. The average Bonchev–Trinajstić information content (AvgIpc) is 3.27. The number of carbonyl (C=O) groups excluding carboxylic acids is 1. The standard InChI is InChI=1S/C28H26ClN3OS/c1-18-7-9-23(21-5-3-2-4-6-21)24(11-18)27(33)31-14-19-12-20(15-31)17-32(16-19)28-30-25-10-8-22(29)13-26(25)34-28/h2-11,13,19-20H,12,14-17H2,1H3. The summed E-state index contributed by atoms with van der Waals surface area (Å²) >= 11 is 7.89. The van der Waals surface area contributed by atoms with Crippen LogP contribution in [0.1, 0.15) is 22.3 Å². The number of thiazole rings is 1. The van der Waals surface area contributed by atoms with Gasteiger partial charge in [-0.05, 0) is 60.6 Å². The maximum atomic E-state index is 13.8. The van der Waals surface area contributed by atoms with Gasteiger partial charge < -0.3 is 9.80 Å². The smallest absolute Gasteiger partial charge is 0.254 e. The lowest BCUT2D eigenvalue weighted by Gasteiger charge is -2.46. The van der Waals surface area contributed by atoms with Gasteiger partial charge in [0.05, 0.1) is 10.2 Å². The molecule has 1 aromatic heterocycles. The van der Waals surface area contributed by atoms with Gasteiger partial charge in [0.2, 0.25) is 0 Å². The molecule has 0 N–H and O–H groups in total. The van der Waals surface area contributed by atoms with Gasteiger partial charge in [-0.2, -0.15) is 0 Å². The van der Waals surface area contributed by atoms with Crippen LogP contribution < -0.4 is 4.90 Å². The molecular weight excluding hydrogens is 462 g/mol. The minimum absolute atomic E-state index is 0.153. The van der Waals surface area contributed by atoms with E-state index in [0.717, 1.165) is 68.8 Å². The summed E-state index contributed by atoms with van der Waals surface area (Å²) in [5, 5.41) is 1.81. The molecule has 34 heavy (non-hydrogen) atoms. The molecule has 172 valence electrons. The van der Waals surface area contributed by atoms with Crippen LogP contribution in [0.25, 0.3) is 21.3 Å². The molecular formula is C28H26ClN3OS. The molecule has 1 amide bonds. The van der Waals surface area contributed by atoms with E-state index in [9.17, 15) is 4.79 Å². The first kappa shape index (κ1) is 21.6. The van der Waals surface area contributed by atoms with Gasteiger partial charge in [-0.25, -0.2) is 4.98 Å². The van der Waals surface area contributed by atoms with Gasteiger partial charge in [-0.3, -0.25) is 4.79 Å². The molecule has 0 radical (unpaired) electrons. The second kappa shape index (κ2) is 8.71. The highest BCUT2D eigenvalue weighted by Crippen LogP contribution is 2.37. The van der Waals surface area contributed by atoms with Crippen molar-refractivity contribution in [3.8, 4) is 11.1 Å². The second-order valence-electron chi connectivity index (χ2n) is 9.61. The lowest BCUT2D eigenvalue weighted by molar-refractivity contribution is 0.0565. The topological polar surface area (TPSA) is 36.4 Å². The van der Waals surface area contributed by atoms with Crippen LogP contribution in [0.2, 0.25) is 5.02 Å². The van der Waals surface area contributed by atoms with Crippen molar-refractivity contribution in [1.82, 2.24) is 9.88 Å². The van der Waals surface area contributed by atoms with Crippen LogP contribution in [0.4, 0.5) is 5.13 Å². The summed E-state index contributed by atoms with van der Waals surface area (Å²) in [5.74, 6) is 1.06. The molecule has 2 atom stereocenters. The fourth-order valence-corrected chi connectivity index (χ4v) is 6.76. The molecule has 2 aliphatic rings. The van der Waals surface area contributed by atoms with Crippen LogP contribution >= 0.6 is 22.9 Å². The van der Waals surface area contributed by atoms with Crippen molar-refractivity contribution in [3.05, 3.63) is 82.9 Å². The van der Waals surface area contributed by atoms with E-state index >= 15 is 0 Å². The van der Waals surface area contributed by atoms with Crippen LogP contribution in [0.3, 0.4) is 0 Å². The van der Waals surface area contributed by atoms with Crippen molar-refractivity contribution in [1.29, 1.82) is 0 Å². The van der Waals surface area contributed by atoms with Crippen LogP contribution in [0.5, 0.6) is 0 Å². The predicted octanol–water partition coefficient (Wildman–Crippen LogP) is 6.52. The Labute approximate surface area is 208 Å². The Kier molecular flexibility index (Phi) is 5.54. The number of aryl methyl sites for hydroxylation is 1. The molecule has 2 aliphatic heterocycles. The van der Waals surface area contributed by atoms with Crippen molar-refractivity contribution < 1.29 is 4.79 Å². The van der Waals surface area contributed by atoms with E-state index in [1.54, 1.807) is 11.3 Å². The largest absolute Gasteiger partial charge is 0.347 e. The summed E-state index contributed by atoms with van der Waals surface area (Å²) < 4.78 is 1.13. The van der Waals surface area contributed by atoms with E-state index in [4.69, 9.17) is 16.6 Å². The summed E-state index contributed by atoms with van der Waals surface area (Å²) in [7, 11) is 0. The molecule has 0 spiro atoms. The number of nitrogens with zero attached hydrogens (tertiary/aromatic N) is 3. The van der Waals surface area contributed by atoms with Gasteiger partial charge in [-0.1, -0.05) is 71.0 Å². The maximum absolute atomic E-state index is 13.8. The third-order valence-corrected chi connectivity index (χ3v) is 8.28. The summed E-state index contributed by atoms with van der Waals surface area (Å²) in [6.07, 6.45) is 1.18. The minimum Gasteiger partial charge on any atom is -0.347 e. The van der Waals surface area contributed by atoms with Gasteiger partial charge in [0.25, 0.3) is 5.91 Å². The van der Waals surface area contributed by atoms with Gasteiger partial charge in [-0.15, -0.1) is 0 Å². The number of halogens is 1. The molecule has 3 heterocycles. The van der Waals surface area contributed by atoms with Crippen molar-refractivity contribution >= 4 is 44.2 Å². The lowest BCUT2D eigenvalue weighted by Crippen LogP contribution is -2.54. The highest BCUT2D eigenvalue weighted by molar-refractivity contribution is 7.22. The number of hydrogen-bond donors (Lipinski definition) is 0. The molecule has 2 unspecified atom stereocenters. The van der Waals surface area contributed by atoms with E-state index in [1.807, 2.05) is 42.5 Å². The average molecular weight is 488 g/mol. The summed E-state index contributed by atoms with van der Waals surface area (Å²) in [6, 6.07) is 22.3. The SMILES string of the molecule is Cc1ccc(-c2ccccc2)c(C(=O)N2CC3CC(C2)CN(c2nc4ccc(Cl)cc4s2)C3)c1. The Morgan fingerprint density at radius 2 is 1.74 bits per heavy atom. The Bertz CT molecular complexity index is 1350. The maximum Gasteiger partial charge on any atom is 0.254 e. The van der Waals surface area contributed by atoms with Gasteiger partial charge in [0.15, 0.2) is 5.13 Å². The number of aromatic nitrogens is 1. The first-order valence-corrected chi connectivity index (χ1v) is 13.0. The summed E-state index contributed by atoms with van der Waals surface area (Å²) in [5.41, 5.74) is 5.03. The zero-order valence-electron chi connectivity index (χ0n) is 19.1. The van der Waals surface area contributed by atoms with E-state index < -0.39 is 0 Å². The second-order valence-corrected chi connectivity index (χ2v) is 11.1. The first-order chi connectivity index (χ1) is 16.5. The monoisotopic (exact) mass is 487 g/mol. The van der Waals surface area contributed by atoms with E-state index in [0.29, 0.717) is 11.8 Å². The Morgan fingerprint density at radius 1 is 0.971 bits per heavy atom. The number of fused-ring (bicyclic) bond motifs is 3. The molecule has 4 aromatic rings. The number of likely N-dealkylation sites (tertiary alicyclic amines) is 1. The number of piperidine rings is 2. The fourth-order valence-electron chi connectivity index (χ4n) is 5.50. The Hall–Kier alpha value is -2.89. The number of hydrogen-bond acceptors (Lipinski definition) is 4. The molecule has 3 aromatic carbocycles. The van der Waals surface area contributed by atoms with Crippen molar-refractivity contribution in [3.63, 3.8) is 0 Å². The fraction of sp³-hybridized carbons (Fsp3) is 0.286. The van der Waals surface area contributed by atoms with Crippen LogP contribution in [0, 0.1) is 18.8 Å². The number of anilines is 1. The molecule has 4 nitrogen and oxygen atoms in total. The number of rotatable bonds is 3. The molecule has 6 rings (SSSR count). The van der Waals surface area contributed by atoms with Crippen molar-refractivity contribution in [2.45, 2.75) is 13.3 Å². The summed E-state index contributed by atoms with van der Waals surface area (Å²) in [4.78, 5) is 23.1.